The summed E-state index contributed by atoms with van der Waals surface area (Å²) >= 11 is 0. The van der Waals surface area contributed by atoms with Crippen LogP contribution >= 0.6 is 0 Å². The van der Waals surface area contributed by atoms with Crippen molar-refractivity contribution in [3.05, 3.63) is 18.0 Å². The SMILES string of the molecule is COc1ccnc(CNC(C)C2CC2)c1OC. The molecule has 1 saturated carbocycles. The maximum Gasteiger partial charge on any atom is 0.183 e. The molecule has 0 amide bonds. The Labute approximate surface area is 102 Å². The van der Waals surface area contributed by atoms with E-state index < -0.39 is 0 Å². The summed E-state index contributed by atoms with van der Waals surface area (Å²) < 4.78 is 10.6. The first-order valence-electron chi connectivity index (χ1n) is 6.05. The number of nitrogens with zero attached hydrogens (tertiary/aromatic N) is 1. The fourth-order valence-corrected chi connectivity index (χ4v) is 2.00. The molecule has 1 aromatic heterocycles. The fourth-order valence-electron chi connectivity index (χ4n) is 2.00. The second-order valence-corrected chi connectivity index (χ2v) is 4.50. The molecular weight excluding hydrogens is 216 g/mol. The third-order valence-electron chi connectivity index (χ3n) is 3.29. The monoisotopic (exact) mass is 236 g/mol. The summed E-state index contributed by atoms with van der Waals surface area (Å²) in [5, 5.41) is 3.49. The third-order valence-corrected chi connectivity index (χ3v) is 3.29. The zero-order valence-electron chi connectivity index (χ0n) is 10.7. The van der Waals surface area contributed by atoms with E-state index in [1.165, 1.54) is 12.8 Å². The number of pyridine rings is 1. The van der Waals surface area contributed by atoms with Gasteiger partial charge in [0.05, 0.1) is 19.9 Å². The average molecular weight is 236 g/mol. The molecule has 4 nitrogen and oxygen atoms in total. The van der Waals surface area contributed by atoms with E-state index >= 15 is 0 Å². The molecule has 1 aliphatic carbocycles. The first-order chi connectivity index (χ1) is 8.26. The summed E-state index contributed by atoms with van der Waals surface area (Å²) in [4.78, 5) is 4.34. The van der Waals surface area contributed by atoms with E-state index in [1.54, 1.807) is 20.4 Å². The predicted molar refractivity (Wildman–Crippen MR) is 66.4 cm³/mol. The van der Waals surface area contributed by atoms with Crippen LogP contribution in [0, 0.1) is 5.92 Å². The van der Waals surface area contributed by atoms with Gasteiger partial charge in [0, 0.05) is 24.8 Å². The van der Waals surface area contributed by atoms with Gasteiger partial charge in [-0.05, 0) is 25.7 Å². The smallest absolute Gasteiger partial charge is 0.183 e. The van der Waals surface area contributed by atoms with Crippen molar-refractivity contribution in [2.45, 2.75) is 32.4 Å². The lowest BCUT2D eigenvalue weighted by atomic mass is 10.2. The van der Waals surface area contributed by atoms with E-state index in [2.05, 4.69) is 17.2 Å². The quantitative estimate of drug-likeness (QED) is 0.820. The summed E-state index contributed by atoms with van der Waals surface area (Å²) in [6.45, 7) is 2.95. The van der Waals surface area contributed by atoms with Gasteiger partial charge in [-0.3, -0.25) is 4.98 Å². The first-order valence-corrected chi connectivity index (χ1v) is 6.05. The topological polar surface area (TPSA) is 43.4 Å². The molecule has 0 saturated heterocycles. The zero-order chi connectivity index (χ0) is 12.3. The fraction of sp³-hybridized carbons (Fsp3) is 0.615. The second-order valence-electron chi connectivity index (χ2n) is 4.50. The molecule has 4 heteroatoms. The van der Waals surface area contributed by atoms with E-state index in [-0.39, 0.29) is 0 Å². The van der Waals surface area contributed by atoms with Crippen LogP contribution in [0.1, 0.15) is 25.5 Å². The van der Waals surface area contributed by atoms with Crippen LogP contribution in [0.4, 0.5) is 0 Å². The molecule has 17 heavy (non-hydrogen) atoms. The minimum atomic E-state index is 0.549. The highest BCUT2D eigenvalue weighted by atomic mass is 16.5. The van der Waals surface area contributed by atoms with E-state index in [9.17, 15) is 0 Å². The number of hydrogen-bond acceptors (Lipinski definition) is 4. The number of nitrogens with one attached hydrogen (secondary N) is 1. The van der Waals surface area contributed by atoms with Gasteiger partial charge in [-0.15, -0.1) is 0 Å². The van der Waals surface area contributed by atoms with Gasteiger partial charge in [-0.1, -0.05) is 0 Å². The van der Waals surface area contributed by atoms with Crippen molar-refractivity contribution in [1.82, 2.24) is 10.3 Å². The maximum atomic E-state index is 5.35. The Balaban J connectivity index is 2.03. The van der Waals surface area contributed by atoms with Gasteiger partial charge in [0.2, 0.25) is 0 Å². The lowest BCUT2D eigenvalue weighted by Gasteiger charge is -2.15. The van der Waals surface area contributed by atoms with Crippen molar-refractivity contribution in [2.75, 3.05) is 14.2 Å². The normalized spacial score (nSPS) is 16.6. The Kier molecular flexibility index (Phi) is 3.84. The standard InChI is InChI=1S/C13H20N2O2/c1-9(10-4-5-10)15-8-11-13(17-3)12(16-2)6-7-14-11/h6-7,9-10,15H,4-5,8H2,1-3H3. The molecular formula is C13H20N2O2. The molecule has 0 aliphatic heterocycles. The Morgan fingerprint density at radius 3 is 2.76 bits per heavy atom. The van der Waals surface area contributed by atoms with E-state index in [0.717, 1.165) is 29.7 Å². The van der Waals surface area contributed by atoms with Crippen molar-refractivity contribution in [2.24, 2.45) is 5.92 Å². The Morgan fingerprint density at radius 2 is 2.18 bits per heavy atom. The van der Waals surface area contributed by atoms with Crippen molar-refractivity contribution in [3.63, 3.8) is 0 Å². The van der Waals surface area contributed by atoms with Crippen LogP contribution in [0.15, 0.2) is 12.3 Å². The van der Waals surface area contributed by atoms with E-state index in [4.69, 9.17) is 9.47 Å². The van der Waals surface area contributed by atoms with Gasteiger partial charge in [0.15, 0.2) is 11.5 Å². The highest BCUT2D eigenvalue weighted by Gasteiger charge is 2.27. The van der Waals surface area contributed by atoms with Crippen molar-refractivity contribution < 1.29 is 9.47 Å². The largest absolute Gasteiger partial charge is 0.493 e. The van der Waals surface area contributed by atoms with E-state index in [1.807, 2.05) is 6.07 Å². The second kappa shape index (κ2) is 5.36. The van der Waals surface area contributed by atoms with Crippen LogP contribution in [0.3, 0.4) is 0 Å². The van der Waals surface area contributed by atoms with Crippen molar-refractivity contribution in [3.8, 4) is 11.5 Å². The molecule has 1 heterocycles. The molecule has 0 spiro atoms. The number of ether oxygens (including phenoxy) is 2. The van der Waals surface area contributed by atoms with Gasteiger partial charge < -0.3 is 14.8 Å². The minimum absolute atomic E-state index is 0.549. The first kappa shape index (κ1) is 12.2. The molecule has 1 fully saturated rings. The molecule has 1 aliphatic rings. The Hall–Kier alpha value is -1.29. The van der Waals surface area contributed by atoms with Gasteiger partial charge in [0.25, 0.3) is 0 Å². The van der Waals surface area contributed by atoms with Crippen LogP contribution in [0.25, 0.3) is 0 Å². The molecule has 0 aromatic carbocycles. The average Bonchev–Trinajstić information content (AvgIpc) is 3.19. The molecule has 1 atom stereocenters. The molecule has 1 unspecified atom stereocenters. The van der Waals surface area contributed by atoms with Crippen LogP contribution in [0.2, 0.25) is 0 Å². The van der Waals surface area contributed by atoms with Crippen LogP contribution in [0.5, 0.6) is 11.5 Å². The van der Waals surface area contributed by atoms with Gasteiger partial charge in [-0.2, -0.15) is 0 Å². The summed E-state index contributed by atoms with van der Waals surface area (Å²) in [5.41, 5.74) is 0.902. The van der Waals surface area contributed by atoms with Crippen LogP contribution in [-0.2, 0) is 6.54 Å². The van der Waals surface area contributed by atoms with Gasteiger partial charge in [0.1, 0.15) is 0 Å². The maximum absolute atomic E-state index is 5.35. The Morgan fingerprint density at radius 1 is 1.41 bits per heavy atom. The summed E-state index contributed by atoms with van der Waals surface area (Å²) in [6, 6.07) is 2.36. The highest BCUT2D eigenvalue weighted by molar-refractivity contribution is 5.42. The minimum Gasteiger partial charge on any atom is -0.493 e. The number of aromatic nitrogens is 1. The van der Waals surface area contributed by atoms with Gasteiger partial charge >= 0.3 is 0 Å². The number of rotatable bonds is 6. The molecule has 0 bridgehead atoms. The lowest BCUT2D eigenvalue weighted by Crippen LogP contribution is -2.27. The summed E-state index contributed by atoms with van der Waals surface area (Å²) in [6.07, 6.45) is 4.44. The van der Waals surface area contributed by atoms with Gasteiger partial charge in [-0.25, -0.2) is 0 Å². The molecule has 1 N–H and O–H groups in total. The summed E-state index contributed by atoms with van der Waals surface area (Å²) in [7, 11) is 3.29. The molecule has 94 valence electrons. The van der Waals surface area contributed by atoms with Crippen molar-refractivity contribution >= 4 is 0 Å². The summed E-state index contributed by atoms with van der Waals surface area (Å²) in [5.74, 6) is 2.30. The van der Waals surface area contributed by atoms with Crippen LogP contribution < -0.4 is 14.8 Å². The van der Waals surface area contributed by atoms with Crippen molar-refractivity contribution in [1.29, 1.82) is 0 Å². The molecule has 0 radical (unpaired) electrons. The molecule has 2 rings (SSSR count). The number of hydrogen-bond donors (Lipinski definition) is 1. The highest BCUT2D eigenvalue weighted by Crippen LogP contribution is 2.33. The molecule has 1 aromatic rings. The van der Waals surface area contributed by atoms with Crippen LogP contribution in [-0.4, -0.2) is 25.2 Å². The van der Waals surface area contributed by atoms with E-state index in [0.29, 0.717) is 6.04 Å². The number of methoxy groups -OCH3 is 2. The lowest BCUT2D eigenvalue weighted by molar-refractivity contribution is 0.346. The zero-order valence-corrected chi connectivity index (χ0v) is 10.7. The third kappa shape index (κ3) is 2.88. The Bertz CT molecular complexity index is 378. The predicted octanol–water partition coefficient (Wildman–Crippen LogP) is 1.99.